The first-order valence-corrected chi connectivity index (χ1v) is 9.06. The highest BCUT2D eigenvalue weighted by molar-refractivity contribution is 5.63. The number of nitrogens with one attached hydrogen (secondary N) is 2. The summed E-state index contributed by atoms with van der Waals surface area (Å²) in [5, 5.41) is 18.3. The topological polar surface area (TPSA) is 103 Å². The normalized spacial score (nSPS) is 11.2. The van der Waals surface area contributed by atoms with Crippen molar-refractivity contribution in [1.82, 2.24) is 25.1 Å². The molecule has 0 saturated carbocycles. The minimum atomic E-state index is -4.58. The summed E-state index contributed by atoms with van der Waals surface area (Å²) in [7, 11) is 0. The highest BCUT2D eigenvalue weighted by atomic mass is 19.4. The van der Waals surface area contributed by atoms with E-state index in [1.54, 1.807) is 36.7 Å². The minimum absolute atomic E-state index is 0.148. The van der Waals surface area contributed by atoms with Gasteiger partial charge in [0.05, 0.1) is 23.5 Å². The Kier molecular flexibility index (Phi) is 5.32. The van der Waals surface area contributed by atoms with Crippen LogP contribution in [0.3, 0.4) is 0 Å². The average molecular weight is 421 g/mol. The summed E-state index contributed by atoms with van der Waals surface area (Å²) in [4.78, 5) is 12.3. The highest BCUT2D eigenvalue weighted by Crippen LogP contribution is 2.32. The molecule has 0 aliphatic carbocycles. The number of halogens is 3. The van der Waals surface area contributed by atoms with E-state index >= 15 is 0 Å². The van der Waals surface area contributed by atoms with Crippen LogP contribution in [0.2, 0.25) is 0 Å². The molecule has 1 aromatic carbocycles. The van der Waals surface area contributed by atoms with E-state index in [9.17, 15) is 13.2 Å². The third-order valence-corrected chi connectivity index (χ3v) is 4.36. The number of H-pyrrole nitrogens is 1. The third kappa shape index (κ3) is 4.67. The zero-order valence-electron chi connectivity index (χ0n) is 15.9. The Morgan fingerprint density at radius 1 is 1.03 bits per heavy atom. The van der Waals surface area contributed by atoms with Crippen molar-refractivity contribution in [3.8, 4) is 28.7 Å². The number of hydrogen-bond donors (Lipinski definition) is 2. The lowest BCUT2D eigenvalue weighted by atomic mass is 10.1. The quantitative estimate of drug-likeness (QED) is 0.494. The summed E-state index contributed by atoms with van der Waals surface area (Å²) in [5.74, 6) is 0.450. The van der Waals surface area contributed by atoms with E-state index < -0.39 is 11.9 Å². The molecule has 0 atom stereocenters. The van der Waals surface area contributed by atoms with Crippen molar-refractivity contribution < 1.29 is 13.2 Å². The lowest BCUT2D eigenvalue weighted by Gasteiger charge is -2.12. The summed E-state index contributed by atoms with van der Waals surface area (Å²) in [5.41, 5.74) is 1.72. The molecule has 0 aliphatic rings. The molecule has 0 aliphatic heterocycles. The smallest absolute Gasteiger partial charge is 0.381 e. The van der Waals surface area contributed by atoms with E-state index in [0.29, 0.717) is 28.1 Å². The van der Waals surface area contributed by atoms with Crippen LogP contribution in [0.5, 0.6) is 0 Å². The first-order chi connectivity index (χ1) is 14.9. The van der Waals surface area contributed by atoms with Gasteiger partial charge in [-0.05, 0) is 24.3 Å². The maximum absolute atomic E-state index is 13.3. The largest absolute Gasteiger partial charge is 0.433 e. The molecule has 3 aromatic heterocycles. The van der Waals surface area contributed by atoms with Gasteiger partial charge in [0, 0.05) is 47.5 Å². The van der Waals surface area contributed by atoms with Gasteiger partial charge in [0.2, 0.25) is 0 Å². The van der Waals surface area contributed by atoms with Gasteiger partial charge >= 0.3 is 6.18 Å². The number of nitrogens with zero attached hydrogens (tertiary/aromatic N) is 5. The van der Waals surface area contributed by atoms with E-state index in [1.807, 2.05) is 0 Å². The zero-order chi connectivity index (χ0) is 21.8. The predicted molar refractivity (Wildman–Crippen MR) is 106 cm³/mol. The third-order valence-electron chi connectivity index (χ3n) is 4.36. The number of anilines is 1. The molecule has 7 nitrogen and oxygen atoms in total. The van der Waals surface area contributed by atoms with Crippen LogP contribution in [-0.2, 0) is 12.7 Å². The standard InChI is InChI=1S/C21H14F3N7/c22-21(23,24)19-6-17(5-18(31-19)16-11-29-30-12-16)26-8-14-9-27-20(28-10-14)15-3-1-2-13(4-15)7-25/h1-6,9-12H,8H2,(H,26,31)(H,29,30). The number of nitriles is 1. The fourth-order valence-electron chi connectivity index (χ4n) is 2.84. The van der Waals surface area contributed by atoms with Gasteiger partial charge in [-0.2, -0.15) is 23.5 Å². The molecule has 31 heavy (non-hydrogen) atoms. The first-order valence-electron chi connectivity index (χ1n) is 9.06. The fourth-order valence-corrected chi connectivity index (χ4v) is 2.84. The van der Waals surface area contributed by atoms with Crippen molar-refractivity contribution in [3.63, 3.8) is 0 Å². The van der Waals surface area contributed by atoms with Gasteiger partial charge in [0.25, 0.3) is 0 Å². The van der Waals surface area contributed by atoms with Crippen molar-refractivity contribution in [3.05, 3.63) is 78.0 Å². The van der Waals surface area contributed by atoms with E-state index in [1.165, 1.54) is 18.5 Å². The second kappa shape index (κ2) is 8.23. The zero-order valence-corrected chi connectivity index (χ0v) is 15.9. The number of alkyl halides is 3. The Labute approximate surface area is 174 Å². The molecule has 0 radical (unpaired) electrons. The summed E-state index contributed by atoms with van der Waals surface area (Å²) >= 11 is 0. The van der Waals surface area contributed by atoms with Crippen LogP contribution in [0.15, 0.2) is 61.2 Å². The van der Waals surface area contributed by atoms with Crippen LogP contribution in [0, 0.1) is 11.3 Å². The summed E-state index contributed by atoms with van der Waals surface area (Å²) in [6, 6.07) is 11.4. The lowest BCUT2D eigenvalue weighted by Crippen LogP contribution is -2.10. The molecule has 2 N–H and O–H groups in total. The Balaban J connectivity index is 1.53. The molecular weight excluding hydrogens is 407 g/mol. The molecule has 0 spiro atoms. The van der Waals surface area contributed by atoms with Crippen LogP contribution in [0.4, 0.5) is 18.9 Å². The van der Waals surface area contributed by atoms with Crippen molar-refractivity contribution in [1.29, 1.82) is 5.26 Å². The summed E-state index contributed by atoms with van der Waals surface area (Å²) < 4.78 is 39.8. The van der Waals surface area contributed by atoms with E-state index in [4.69, 9.17) is 5.26 Å². The molecule has 0 saturated heterocycles. The summed E-state index contributed by atoms with van der Waals surface area (Å²) in [6.07, 6.45) is 1.45. The summed E-state index contributed by atoms with van der Waals surface area (Å²) in [6.45, 7) is 0.213. The monoisotopic (exact) mass is 421 g/mol. The second-order valence-electron chi connectivity index (χ2n) is 6.57. The number of hydrogen-bond acceptors (Lipinski definition) is 6. The minimum Gasteiger partial charge on any atom is -0.381 e. The first kappa shape index (κ1) is 20.0. The second-order valence-corrected chi connectivity index (χ2v) is 6.57. The van der Waals surface area contributed by atoms with Crippen LogP contribution in [0.25, 0.3) is 22.6 Å². The maximum Gasteiger partial charge on any atom is 0.433 e. The number of rotatable bonds is 5. The van der Waals surface area contributed by atoms with Gasteiger partial charge in [-0.15, -0.1) is 0 Å². The van der Waals surface area contributed by atoms with Crippen LogP contribution in [0.1, 0.15) is 16.8 Å². The van der Waals surface area contributed by atoms with Gasteiger partial charge in [0.15, 0.2) is 5.82 Å². The van der Waals surface area contributed by atoms with Crippen LogP contribution in [-0.4, -0.2) is 25.1 Å². The molecule has 10 heteroatoms. The Morgan fingerprint density at radius 2 is 1.84 bits per heavy atom. The number of benzene rings is 1. The van der Waals surface area contributed by atoms with Crippen LogP contribution >= 0.6 is 0 Å². The van der Waals surface area contributed by atoms with Gasteiger partial charge in [-0.3, -0.25) is 5.10 Å². The molecule has 0 fully saturated rings. The fraction of sp³-hybridized carbons (Fsp3) is 0.0952. The Hall–Kier alpha value is -4.26. The number of aromatic nitrogens is 5. The van der Waals surface area contributed by atoms with Gasteiger partial charge in [-0.1, -0.05) is 12.1 Å². The molecule has 4 rings (SSSR count). The van der Waals surface area contributed by atoms with Crippen molar-refractivity contribution in [2.75, 3.05) is 5.32 Å². The van der Waals surface area contributed by atoms with Gasteiger partial charge in [-0.25, -0.2) is 15.0 Å². The molecule has 0 amide bonds. The molecule has 4 aromatic rings. The van der Waals surface area contributed by atoms with Crippen molar-refractivity contribution >= 4 is 5.69 Å². The predicted octanol–water partition coefficient (Wildman–Crippen LogP) is 4.43. The Bertz CT molecular complexity index is 1230. The van der Waals surface area contributed by atoms with Gasteiger partial charge in [0.1, 0.15) is 5.69 Å². The molecule has 154 valence electrons. The van der Waals surface area contributed by atoms with Crippen molar-refractivity contribution in [2.24, 2.45) is 0 Å². The average Bonchev–Trinajstić information content (AvgIpc) is 3.32. The highest BCUT2D eigenvalue weighted by Gasteiger charge is 2.33. The molecule has 3 heterocycles. The molecule has 0 bridgehead atoms. The maximum atomic E-state index is 13.3. The number of pyridine rings is 1. The molecule has 0 unspecified atom stereocenters. The Morgan fingerprint density at radius 3 is 2.52 bits per heavy atom. The van der Waals surface area contributed by atoms with E-state index in [2.05, 4.69) is 36.5 Å². The van der Waals surface area contributed by atoms with Gasteiger partial charge < -0.3 is 5.32 Å². The van der Waals surface area contributed by atoms with E-state index in [-0.39, 0.29) is 17.9 Å². The van der Waals surface area contributed by atoms with Crippen LogP contribution < -0.4 is 5.32 Å². The SMILES string of the molecule is N#Cc1cccc(-c2ncc(CNc3cc(-c4cn[nH]c4)nc(C(F)(F)F)c3)cn2)c1. The number of aromatic amines is 1. The molecular formula is C21H14F3N7. The van der Waals surface area contributed by atoms with E-state index in [0.717, 1.165) is 6.07 Å². The van der Waals surface area contributed by atoms with Crippen molar-refractivity contribution in [2.45, 2.75) is 12.7 Å². The lowest BCUT2D eigenvalue weighted by molar-refractivity contribution is -0.141.